The normalized spacial score (nSPS) is 10.3. The van der Waals surface area contributed by atoms with Gasteiger partial charge in [0, 0.05) is 0 Å². The fourth-order valence-corrected chi connectivity index (χ4v) is 2.12. The van der Waals surface area contributed by atoms with Crippen LogP contribution in [0.2, 0.25) is 0 Å². The maximum absolute atomic E-state index is 13.7. The fourth-order valence-electron chi connectivity index (χ4n) is 1.92. The number of hydrogen-bond acceptors (Lipinski definition) is 2. The van der Waals surface area contributed by atoms with Crippen LogP contribution >= 0.6 is 12.2 Å². The number of aryl methyl sites for hydroxylation is 2. The van der Waals surface area contributed by atoms with Crippen LogP contribution in [0.3, 0.4) is 0 Å². The lowest BCUT2D eigenvalue weighted by atomic mass is 10.1. The minimum atomic E-state index is -0.463. The van der Waals surface area contributed by atoms with E-state index < -0.39 is 5.82 Å². The zero-order valence-electron chi connectivity index (χ0n) is 11.4. The standard InChI is InChI=1S/C16H16FNOS/c1-10-6-7-12(8-11(10)2)9-19-14-5-3-4-13(17)15(14)16(18)20/h3-8H,9H2,1-2H3,(H2,18,20). The molecule has 0 saturated heterocycles. The van der Waals surface area contributed by atoms with E-state index in [1.54, 1.807) is 12.1 Å². The van der Waals surface area contributed by atoms with Crippen molar-refractivity contribution in [1.82, 2.24) is 0 Å². The van der Waals surface area contributed by atoms with Crippen LogP contribution < -0.4 is 10.5 Å². The number of halogens is 1. The molecule has 0 atom stereocenters. The number of hydrogen-bond donors (Lipinski definition) is 1. The molecule has 2 nitrogen and oxygen atoms in total. The highest BCUT2D eigenvalue weighted by molar-refractivity contribution is 7.80. The van der Waals surface area contributed by atoms with Gasteiger partial charge in [-0.05, 0) is 42.7 Å². The molecule has 0 amide bonds. The second-order valence-corrected chi connectivity index (χ2v) is 5.12. The van der Waals surface area contributed by atoms with Crippen LogP contribution in [0.4, 0.5) is 4.39 Å². The van der Waals surface area contributed by atoms with Gasteiger partial charge in [0.15, 0.2) is 0 Å². The molecule has 0 spiro atoms. The predicted octanol–water partition coefficient (Wildman–Crippen LogP) is 3.66. The Morgan fingerprint density at radius 3 is 2.60 bits per heavy atom. The summed E-state index contributed by atoms with van der Waals surface area (Å²) >= 11 is 4.86. The summed E-state index contributed by atoms with van der Waals surface area (Å²) < 4.78 is 19.3. The number of rotatable bonds is 4. The molecule has 0 radical (unpaired) electrons. The van der Waals surface area contributed by atoms with Crippen LogP contribution in [0, 0.1) is 19.7 Å². The van der Waals surface area contributed by atoms with E-state index in [1.807, 2.05) is 19.1 Å². The lowest BCUT2D eigenvalue weighted by Gasteiger charge is -2.12. The molecule has 0 saturated carbocycles. The molecule has 0 aliphatic heterocycles. The van der Waals surface area contributed by atoms with Gasteiger partial charge in [-0.25, -0.2) is 4.39 Å². The molecule has 2 aromatic rings. The molecule has 0 bridgehead atoms. The number of benzene rings is 2. The molecule has 0 aliphatic rings. The minimum Gasteiger partial charge on any atom is -0.488 e. The van der Waals surface area contributed by atoms with Gasteiger partial charge in [0.25, 0.3) is 0 Å². The van der Waals surface area contributed by atoms with Crippen molar-refractivity contribution in [3.8, 4) is 5.75 Å². The van der Waals surface area contributed by atoms with Crippen LogP contribution in [0.5, 0.6) is 5.75 Å². The molecular weight excluding hydrogens is 273 g/mol. The van der Waals surface area contributed by atoms with Crippen molar-refractivity contribution in [1.29, 1.82) is 0 Å². The third kappa shape index (κ3) is 3.14. The summed E-state index contributed by atoms with van der Waals surface area (Å²) in [7, 11) is 0. The highest BCUT2D eigenvalue weighted by atomic mass is 32.1. The highest BCUT2D eigenvalue weighted by Crippen LogP contribution is 2.22. The maximum Gasteiger partial charge on any atom is 0.137 e. The predicted molar refractivity (Wildman–Crippen MR) is 82.5 cm³/mol. The minimum absolute atomic E-state index is 0.00168. The van der Waals surface area contributed by atoms with E-state index in [0.717, 1.165) is 5.56 Å². The van der Waals surface area contributed by atoms with Crippen LogP contribution in [-0.2, 0) is 6.61 Å². The van der Waals surface area contributed by atoms with Gasteiger partial charge in [-0.2, -0.15) is 0 Å². The van der Waals surface area contributed by atoms with E-state index in [4.69, 9.17) is 22.7 Å². The molecular formula is C16H16FNOS. The maximum atomic E-state index is 13.7. The van der Waals surface area contributed by atoms with Gasteiger partial charge in [-0.3, -0.25) is 0 Å². The zero-order valence-corrected chi connectivity index (χ0v) is 12.3. The largest absolute Gasteiger partial charge is 0.488 e. The van der Waals surface area contributed by atoms with E-state index in [9.17, 15) is 4.39 Å². The third-order valence-corrected chi connectivity index (χ3v) is 3.39. The number of nitrogens with two attached hydrogens (primary N) is 1. The first-order valence-corrected chi connectivity index (χ1v) is 6.67. The molecule has 0 fully saturated rings. The molecule has 2 aromatic carbocycles. The van der Waals surface area contributed by atoms with Crippen molar-refractivity contribution < 1.29 is 9.13 Å². The monoisotopic (exact) mass is 289 g/mol. The summed E-state index contributed by atoms with van der Waals surface area (Å²) in [5.41, 5.74) is 9.14. The second-order valence-electron chi connectivity index (χ2n) is 4.68. The van der Waals surface area contributed by atoms with Gasteiger partial charge in [0.1, 0.15) is 23.2 Å². The van der Waals surface area contributed by atoms with Gasteiger partial charge in [-0.15, -0.1) is 0 Å². The van der Waals surface area contributed by atoms with Gasteiger partial charge >= 0.3 is 0 Å². The second kappa shape index (κ2) is 6.01. The Balaban J connectivity index is 2.21. The van der Waals surface area contributed by atoms with Crippen molar-refractivity contribution in [2.24, 2.45) is 5.73 Å². The quantitative estimate of drug-likeness (QED) is 0.873. The van der Waals surface area contributed by atoms with E-state index >= 15 is 0 Å². The summed E-state index contributed by atoms with van der Waals surface area (Å²) in [5, 5.41) is 0. The summed E-state index contributed by atoms with van der Waals surface area (Å²) in [6.07, 6.45) is 0. The average molecular weight is 289 g/mol. The van der Waals surface area contributed by atoms with Gasteiger partial charge in [0.2, 0.25) is 0 Å². The van der Waals surface area contributed by atoms with E-state index in [0.29, 0.717) is 12.4 Å². The molecule has 0 heterocycles. The average Bonchev–Trinajstić information content (AvgIpc) is 2.39. The van der Waals surface area contributed by atoms with Crippen molar-refractivity contribution in [2.75, 3.05) is 0 Å². The smallest absolute Gasteiger partial charge is 0.137 e. The van der Waals surface area contributed by atoms with Crippen LogP contribution in [0.15, 0.2) is 36.4 Å². The number of ether oxygens (including phenoxy) is 1. The topological polar surface area (TPSA) is 35.2 Å². The molecule has 0 unspecified atom stereocenters. The molecule has 20 heavy (non-hydrogen) atoms. The Hall–Kier alpha value is -1.94. The highest BCUT2D eigenvalue weighted by Gasteiger charge is 2.12. The van der Waals surface area contributed by atoms with E-state index in [-0.39, 0.29) is 10.6 Å². The van der Waals surface area contributed by atoms with Crippen molar-refractivity contribution >= 4 is 17.2 Å². The van der Waals surface area contributed by atoms with Gasteiger partial charge in [-0.1, -0.05) is 36.5 Å². The molecule has 0 aliphatic carbocycles. The fraction of sp³-hybridized carbons (Fsp3) is 0.188. The van der Waals surface area contributed by atoms with Gasteiger partial charge in [0.05, 0.1) is 5.56 Å². The summed E-state index contributed by atoms with van der Waals surface area (Å²) in [6.45, 7) is 4.44. The molecule has 0 aromatic heterocycles. The Bertz CT molecular complexity index is 655. The lowest BCUT2D eigenvalue weighted by molar-refractivity contribution is 0.304. The van der Waals surface area contributed by atoms with Crippen LogP contribution in [-0.4, -0.2) is 4.99 Å². The van der Waals surface area contributed by atoms with Gasteiger partial charge < -0.3 is 10.5 Å². The molecule has 2 N–H and O–H groups in total. The number of thiocarbonyl (C=S) groups is 1. The first-order chi connectivity index (χ1) is 9.49. The zero-order chi connectivity index (χ0) is 14.7. The van der Waals surface area contributed by atoms with Crippen molar-refractivity contribution in [3.05, 3.63) is 64.5 Å². The molecule has 104 valence electrons. The van der Waals surface area contributed by atoms with Crippen LogP contribution in [0.1, 0.15) is 22.3 Å². The summed E-state index contributed by atoms with van der Waals surface area (Å²) in [6, 6.07) is 10.6. The SMILES string of the molecule is Cc1ccc(COc2cccc(F)c2C(N)=S)cc1C. The van der Waals surface area contributed by atoms with E-state index in [1.165, 1.54) is 17.2 Å². The third-order valence-electron chi connectivity index (χ3n) is 3.19. The van der Waals surface area contributed by atoms with Crippen LogP contribution in [0.25, 0.3) is 0 Å². The lowest BCUT2D eigenvalue weighted by Crippen LogP contribution is -2.14. The first-order valence-electron chi connectivity index (χ1n) is 6.26. The Morgan fingerprint density at radius 1 is 1.20 bits per heavy atom. The first kappa shape index (κ1) is 14.5. The molecule has 2 rings (SSSR count). The summed E-state index contributed by atoms with van der Waals surface area (Å²) in [4.78, 5) is -0.00168. The Morgan fingerprint density at radius 2 is 1.95 bits per heavy atom. The van der Waals surface area contributed by atoms with Crippen molar-refractivity contribution in [3.63, 3.8) is 0 Å². The Kier molecular flexibility index (Phi) is 4.35. The van der Waals surface area contributed by atoms with Crippen molar-refractivity contribution in [2.45, 2.75) is 20.5 Å². The summed E-state index contributed by atoms with van der Waals surface area (Å²) in [5.74, 6) is -0.0918. The molecule has 4 heteroatoms. The Labute approximate surface area is 123 Å². The van der Waals surface area contributed by atoms with E-state index in [2.05, 4.69) is 13.0 Å².